The van der Waals surface area contributed by atoms with Crippen molar-refractivity contribution in [1.82, 2.24) is 0 Å². The molecule has 0 amide bonds. The summed E-state index contributed by atoms with van der Waals surface area (Å²) in [5, 5.41) is 0. The molecule has 22 heteroatoms. The average molecular weight is 579 g/mol. The molecule has 18 nitrogen and oxygen atoms in total. The van der Waals surface area contributed by atoms with Gasteiger partial charge >= 0.3 is 46.9 Å². The third kappa shape index (κ3) is 3320. The molecule has 12 N–H and O–H groups in total. The Labute approximate surface area is 165 Å². The molecule has 0 aliphatic carbocycles. The Morgan fingerprint density at radius 2 is 0.273 bits per heavy atom. The second-order valence-electron chi connectivity index (χ2n) is 1.13. The predicted molar refractivity (Wildman–Crippen MR) is 21.7 cm³/mol. The molecule has 155 valence electrons. The molecule has 0 aromatic heterocycles. The van der Waals surface area contributed by atoms with Crippen molar-refractivity contribution in [2.45, 2.75) is 0 Å². The Balaban J connectivity index is -0.0000000106. The van der Waals surface area contributed by atoms with Crippen molar-refractivity contribution in [2.24, 2.45) is 0 Å². The fourth-order valence-electron chi connectivity index (χ4n) is 0. The zero-order valence-corrected chi connectivity index (χ0v) is 13.3. The standard InChI is InChI=1S/3ClHO4.6H2O.Yb/c3*2-1(3,4)5;;;;;;;/h3*(H,2,3,4,5);6*1H2;/q;;;;;;;;;+3/p-3. The maximum atomic E-state index is 8.49. The van der Waals surface area contributed by atoms with Gasteiger partial charge in [0.2, 0.25) is 0 Å². The van der Waals surface area contributed by atoms with Crippen LogP contribution >= 0.6 is 0 Å². The zero-order valence-electron chi connectivity index (χ0n) is 9.30. The molecule has 22 heavy (non-hydrogen) atoms. The van der Waals surface area contributed by atoms with E-state index < -0.39 is 30.7 Å². The number of halogens is 3. The summed E-state index contributed by atoms with van der Waals surface area (Å²) in [6, 6.07) is 0. The molecule has 0 heterocycles. The van der Waals surface area contributed by atoms with Crippen molar-refractivity contribution >= 4 is 0 Å². The topological polar surface area (TPSA) is 466 Å². The molecule has 0 rings (SSSR count). The van der Waals surface area contributed by atoms with Crippen LogP contribution in [0.5, 0.6) is 0 Å². The van der Waals surface area contributed by atoms with Crippen molar-refractivity contribution in [3.63, 3.8) is 0 Å². The summed E-state index contributed by atoms with van der Waals surface area (Å²) in [4.78, 5) is 0. The quantitative estimate of drug-likeness (QED) is 0.258. The monoisotopic (exact) mass is 579 g/mol. The van der Waals surface area contributed by atoms with Gasteiger partial charge in [-0.1, -0.05) is 0 Å². The van der Waals surface area contributed by atoms with Crippen molar-refractivity contribution in [3.05, 3.63) is 0 Å². The van der Waals surface area contributed by atoms with Crippen LogP contribution in [-0.4, -0.2) is 32.9 Å². The van der Waals surface area contributed by atoms with Gasteiger partial charge < -0.3 is 32.9 Å². The van der Waals surface area contributed by atoms with E-state index in [1.165, 1.54) is 0 Å². The predicted octanol–water partition coefficient (Wildman–Crippen LogP) is -19.2. The molecule has 0 aromatic carbocycles. The first-order valence-electron chi connectivity index (χ1n) is 1.85. The third-order valence-corrected chi connectivity index (χ3v) is 0. The van der Waals surface area contributed by atoms with Gasteiger partial charge in [0.05, 0.1) is 0 Å². The van der Waals surface area contributed by atoms with E-state index in [4.69, 9.17) is 55.9 Å². The van der Waals surface area contributed by atoms with Crippen LogP contribution in [0.2, 0.25) is 0 Å². The van der Waals surface area contributed by atoms with E-state index in [1.807, 2.05) is 0 Å². The average Bonchev–Trinajstić information content (AvgIpc) is 1.41. The molecular formula is H12Cl3O18Yb. The minimum atomic E-state index is -4.94. The van der Waals surface area contributed by atoms with Gasteiger partial charge in [-0.25, -0.2) is 55.9 Å². The van der Waals surface area contributed by atoms with Crippen LogP contribution in [0.25, 0.3) is 0 Å². The molecule has 1 radical (unpaired) electrons. The first-order valence-corrected chi connectivity index (χ1v) is 5.55. The van der Waals surface area contributed by atoms with E-state index in [9.17, 15) is 0 Å². The third-order valence-electron chi connectivity index (χ3n) is 0. The maximum absolute atomic E-state index is 8.49. The van der Waals surface area contributed by atoms with Crippen LogP contribution in [0.15, 0.2) is 0 Å². The van der Waals surface area contributed by atoms with Gasteiger partial charge in [0.1, 0.15) is 0 Å². The van der Waals surface area contributed by atoms with Gasteiger partial charge in [0.15, 0.2) is 0 Å². The molecule has 0 saturated heterocycles. The van der Waals surface area contributed by atoms with Crippen LogP contribution in [0.4, 0.5) is 0 Å². The molecule has 0 fully saturated rings. The fourth-order valence-corrected chi connectivity index (χ4v) is 0. The van der Waals surface area contributed by atoms with Gasteiger partial charge in [0, 0.05) is 0 Å². The first kappa shape index (κ1) is 65.1. The Morgan fingerprint density at radius 3 is 0.273 bits per heavy atom. The Morgan fingerprint density at radius 1 is 0.273 bits per heavy atom. The summed E-state index contributed by atoms with van der Waals surface area (Å²) in [6.07, 6.45) is 0. The van der Waals surface area contributed by atoms with Crippen LogP contribution in [0, 0.1) is 77.7 Å². The summed E-state index contributed by atoms with van der Waals surface area (Å²) >= 11 is 0. The second kappa shape index (κ2) is 27.5. The fraction of sp³-hybridized carbons (Fsp3) is 0. The Bertz CT molecular complexity index is 93.4. The van der Waals surface area contributed by atoms with E-state index in [2.05, 4.69) is 0 Å². The Kier molecular flexibility index (Phi) is 81.4. The first-order chi connectivity index (χ1) is 6.00. The van der Waals surface area contributed by atoms with Crippen molar-refractivity contribution < 1.29 is 166 Å². The van der Waals surface area contributed by atoms with E-state index >= 15 is 0 Å². The largest absolute Gasteiger partial charge is 3.00 e. The van der Waals surface area contributed by atoms with Crippen LogP contribution in [0.1, 0.15) is 0 Å². The summed E-state index contributed by atoms with van der Waals surface area (Å²) < 4.78 is 102. The van der Waals surface area contributed by atoms with Crippen molar-refractivity contribution in [3.8, 4) is 0 Å². The van der Waals surface area contributed by atoms with Crippen LogP contribution < -0.4 is 55.9 Å². The molecule has 0 spiro atoms. The van der Waals surface area contributed by atoms with E-state index in [-0.39, 0.29) is 79.8 Å². The Hall–Kier alpha value is 1.67. The molecule has 0 unspecified atom stereocenters. The zero-order chi connectivity index (χ0) is 13.5. The van der Waals surface area contributed by atoms with Gasteiger partial charge in [-0.2, -0.15) is 0 Å². The minimum Gasteiger partial charge on any atom is -0.412 e. The minimum absolute atomic E-state index is 0. The second-order valence-corrected chi connectivity index (χ2v) is 3.40. The van der Waals surface area contributed by atoms with E-state index in [0.29, 0.717) is 0 Å². The number of hydrogen-bond donors (Lipinski definition) is 0. The summed E-state index contributed by atoms with van der Waals surface area (Å²) in [5.74, 6) is 0. The molecule has 0 aliphatic heterocycles. The normalized spacial score (nSPS) is 8.18. The van der Waals surface area contributed by atoms with E-state index in [1.54, 1.807) is 0 Å². The molecule has 0 bridgehead atoms. The number of hydrogen-bond acceptors (Lipinski definition) is 12. The molecular weight excluding hydrogens is 567 g/mol. The SMILES string of the molecule is O.O.O.O.O.O.[O-][Cl+3]([O-])([O-])[O-].[O-][Cl+3]([O-])([O-])[O-].[O-][Cl+3]([O-])([O-])[O-].[Yb+3]. The van der Waals surface area contributed by atoms with Gasteiger partial charge in [-0.05, 0) is 0 Å². The van der Waals surface area contributed by atoms with Gasteiger partial charge in [-0.15, -0.1) is 30.7 Å². The van der Waals surface area contributed by atoms with Crippen LogP contribution in [0.3, 0.4) is 0 Å². The molecule has 0 atom stereocenters. The number of rotatable bonds is 0. The molecule has 0 aromatic rings. The van der Waals surface area contributed by atoms with Crippen molar-refractivity contribution in [2.75, 3.05) is 0 Å². The smallest absolute Gasteiger partial charge is 0.412 e. The summed E-state index contributed by atoms with van der Waals surface area (Å²) in [7, 11) is -14.8. The van der Waals surface area contributed by atoms with E-state index in [0.717, 1.165) is 0 Å². The van der Waals surface area contributed by atoms with Crippen molar-refractivity contribution in [1.29, 1.82) is 0 Å². The molecule has 0 saturated carbocycles. The van der Waals surface area contributed by atoms with Gasteiger partial charge in [0.25, 0.3) is 0 Å². The summed E-state index contributed by atoms with van der Waals surface area (Å²) in [6.45, 7) is 0. The maximum Gasteiger partial charge on any atom is 3.00 e. The van der Waals surface area contributed by atoms with Crippen LogP contribution in [-0.2, 0) is 0 Å². The van der Waals surface area contributed by atoms with Gasteiger partial charge in [-0.3, -0.25) is 0 Å². The summed E-state index contributed by atoms with van der Waals surface area (Å²) in [5.41, 5.74) is 0. The molecule has 0 aliphatic rings.